The zero-order chi connectivity index (χ0) is 14.6. The molecule has 0 bridgehead atoms. The Kier molecular flexibility index (Phi) is 5.51. The van der Waals surface area contributed by atoms with E-state index in [-0.39, 0.29) is 10.5 Å². The zero-order valence-electron chi connectivity index (χ0n) is 10.6. The molecule has 0 aliphatic carbocycles. The fraction of sp³-hybridized carbons (Fsp3) is 0.417. The SMILES string of the molecule is COCCC(C)S(=O)(=O)c1cc(Br)ccc1C(=O)O. The van der Waals surface area contributed by atoms with Crippen LogP contribution in [0.5, 0.6) is 0 Å². The maximum atomic E-state index is 12.4. The Morgan fingerprint density at radius 3 is 2.63 bits per heavy atom. The van der Waals surface area contributed by atoms with E-state index < -0.39 is 21.1 Å². The van der Waals surface area contributed by atoms with Crippen LogP contribution in [0.25, 0.3) is 0 Å². The predicted octanol–water partition coefficient (Wildman–Crippen LogP) is 2.35. The fourth-order valence-electron chi connectivity index (χ4n) is 1.56. The molecule has 0 amide bonds. The third kappa shape index (κ3) is 3.77. The van der Waals surface area contributed by atoms with Crippen molar-refractivity contribution in [3.8, 4) is 0 Å². The number of halogens is 1. The highest BCUT2D eigenvalue weighted by Crippen LogP contribution is 2.26. The summed E-state index contributed by atoms with van der Waals surface area (Å²) in [4.78, 5) is 10.9. The Morgan fingerprint density at radius 2 is 2.11 bits per heavy atom. The Morgan fingerprint density at radius 1 is 1.47 bits per heavy atom. The summed E-state index contributed by atoms with van der Waals surface area (Å²) >= 11 is 3.16. The number of hydrogen-bond acceptors (Lipinski definition) is 4. The molecule has 0 radical (unpaired) electrons. The van der Waals surface area contributed by atoms with E-state index in [2.05, 4.69) is 15.9 Å². The maximum Gasteiger partial charge on any atom is 0.337 e. The molecule has 1 rings (SSSR count). The van der Waals surface area contributed by atoms with Gasteiger partial charge in [-0.05, 0) is 31.5 Å². The molecule has 0 aliphatic heterocycles. The second kappa shape index (κ2) is 6.49. The second-order valence-electron chi connectivity index (χ2n) is 4.08. The number of ether oxygens (including phenoxy) is 1. The van der Waals surface area contributed by atoms with Crippen LogP contribution in [0.1, 0.15) is 23.7 Å². The number of sulfone groups is 1. The van der Waals surface area contributed by atoms with Gasteiger partial charge in [0.2, 0.25) is 0 Å². The van der Waals surface area contributed by atoms with Crippen molar-refractivity contribution in [1.29, 1.82) is 0 Å². The van der Waals surface area contributed by atoms with Crippen LogP contribution in [-0.2, 0) is 14.6 Å². The van der Waals surface area contributed by atoms with Gasteiger partial charge in [0.15, 0.2) is 9.84 Å². The second-order valence-corrected chi connectivity index (χ2v) is 7.33. The van der Waals surface area contributed by atoms with Gasteiger partial charge in [-0.25, -0.2) is 13.2 Å². The summed E-state index contributed by atoms with van der Waals surface area (Å²) in [5.41, 5.74) is -0.215. The number of benzene rings is 1. The molecule has 7 heteroatoms. The first-order chi connectivity index (χ1) is 8.80. The van der Waals surface area contributed by atoms with E-state index in [1.54, 1.807) is 6.92 Å². The normalized spacial score (nSPS) is 13.2. The molecule has 19 heavy (non-hydrogen) atoms. The first kappa shape index (κ1) is 16.1. The molecule has 1 atom stereocenters. The summed E-state index contributed by atoms with van der Waals surface area (Å²) < 4.78 is 30.1. The van der Waals surface area contributed by atoms with Crippen molar-refractivity contribution in [1.82, 2.24) is 0 Å². The molecule has 1 aromatic carbocycles. The van der Waals surface area contributed by atoms with E-state index in [1.165, 1.54) is 25.3 Å². The summed E-state index contributed by atoms with van der Waals surface area (Å²) in [6.45, 7) is 1.84. The lowest BCUT2D eigenvalue weighted by Crippen LogP contribution is -2.22. The number of carbonyl (C=O) groups is 1. The highest BCUT2D eigenvalue weighted by atomic mass is 79.9. The van der Waals surface area contributed by atoms with Gasteiger partial charge in [-0.1, -0.05) is 15.9 Å². The first-order valence-electron chi connectivity index (χ1n) is 5.56. The van der Waals surface area contributed by atoms with Gasteiger partial charge in [0.05, 0.1) is 15.7 Å². The maximum absolute atomic E-state index is 12.4. The third-order valence-corrected chi connectivity index (χ3v) is 5.48. The Balaban J connectivity index is 3.27. The molecule has 5 nitrogen and oxygen atoms in total. The summed E-state index contributed by atoms with van der Waals surface area (Å²) in [5, 5.41) is 8.36. The summed E-state index contributed by atoms with van der Waals surface area (Å²) in [6.07, 6.45) is 0.310. The van der Waals surface area contributed by atoms with Gasteiger partial charge in [-0.3, -0.25) is 0 Å². The van der Waals surface area contributed by atoms with Crippen LogP contribution in [0.4, 0.5) is 0 Å². The van der Waals surface area contributed by atoms with Crippen LogP contribution < -0.4 is 0 Å². The van der Waals surface area contributed by atoms with E-state index >= 15 is 0 Å². The van der Waals surface area contributed by atoms with Crippen molar-refractivity contribution < 1.29 is 23.1 Å². The summed E-state index contributed by atoms with van der Waals surface area (Å²) in [7, 11) is -2.21. The van der Waals surface area contributed by atoms with Crippen molar-refractivity contribution in [3.63, 3.8) is 0 Å². The predicted molar refractivity (Wildman–Crippen MR) is 74.2 cm³/mol. The van der Waals surface area contributed by atoms with E-state index in [4.69, 9.17) is 9.84 Å². The average Bonchev–Trinajstić information content (AvgIpc) is 2.35. The Hall–Kier alpha value is -0.920. The number of rotatable bonds is 6. The van der Waals surface area contributed by atoms with Crippen molar-refractivity contribution in [2.24, 2.45) is 0 Å². The largest absolute Gasteiger partial charge is 0.478 e. The monoisotopic (exact) mass is 350 g/mol. The molecule has 1 aromatic rings. The number of aromatic carboxylic acids is 1. The van der Waals surface area contributed by atoms with Crippen LogP contribution in [0, 0.1) is 0 Å². The van der Waals surface area contributed by atoms with Crippen LogP contribution in [-0.4, -0.2) is 38.5 Å². The standard InChI is InChI=1S/C12H15BrO5S/c1-8(5-6-18-2)19(16,17)11-7-9(13)3-4-10(11)12(14)15/h3-4,7-8H,5-6H2,1-2H3,(H,14,15). The molecule has 0 aromatic heterocycles. The minimum atomic E-state index is -3.70. The van der Waals surface area contributed by atoms with E-state index in [9.17, 15) is 13.2 Å². The van der Waals surface area contributed by atoms with Gasteiger partial charge >= 0.3 is 5.97 Å². The lowest BCUT2D eigenvalue weighted by Gasteiger charge is -2.14. The molecule has 1 unspecified atom stereocenters. The van der Waals surface area contributed by atoms with Crippen LogP contribution >= 0.6 is 15.9 Å². The summed E-state index contributed by atoms with van der Waals surface area (Å²) in [6, 6.07) is 4.10. The third-order valence-electron chi connectivity index (χ3n) is 2.74. The van der Waals surface area contributed by atoms with Gasteiger partial charge in [-0.2, -0.15) is 0 Å². The van der Waals surface area contributed by atoms with Crippen molar-refractivity contribution in [2.45, 2.75) is 23.5 Å². The average molecular weight is 351 g/mol. The van der Waals surface area contributed by atoms with Gasteiger partial charge in [0.25, 0.3) is 0 Å². The molecular formula is C12H15BrO5S. The molecule has 106 valence electrons. The zero-order valence-corrected chi connectivity index (χ0v) is 13.0. The topological polar surface area (TPSA) is 80.7 Å². The number of methoxy groups -OCH3 is 1. The van der Waals surface area contributed by atoms with Crippen LogP contribution in [0.2, 0.25) is 0 Å². The minimum Gasteiger partial charge on any atom is -0.478 e. The lowest BCUT2D eigenvalue weighted by molar-refractivity contribution is 0.0692. The van der Waals surface area contributed by atoms with E-state index in [0.29, 0.717) is 17.5 Å². The highest BCUT2D eigenvalue weighted by molar-refractivity contribution is 9.10. The molecule has 0 aliphatic rings. The van der Waals surface area contributed by atoms with E-state index in [1.807, 2.05) is 0 Å². The van der Waals surface area contributed by atoms with Crippen molar-refractivity contribution in [2.75, 3.05) is 13.7 Å². The molecular weight excluding hydrogens is 336 g/mol. The first-order valence-corrected chi connectivity index (χ1v) is 7.90. The highest BCUT2D eigenvalue weighted by Gasteiger charge is 2.28. The van der Waals surface area contributed by atoms with Crippen molar-refractivity contribution in [3.05, 3.63) is 28.2 Å². The number of carboxylic acid groups (broad SMARTS) is 1. The molecule has 0 heterocycles. The van der Waals surface area contributed by atoms with Crippen LogP contribution in [0.3, 0.4) is 0 Å². The van der Waals surface area contributed by atoms with Gasteiger partial charge in [0, 0.05) is 18.2 Å². The molecule has 0 saturated heterocycles. The lowest BCUT2D eigenvalue weighted by atomic mass is 10.2. The molecule has 0 spiro atoms. The van der Waals surface area contributed by atoms with E-state index in [0.717, 1.165) is 0 Å². The molecule has 0 fully saturated rings. The smallest absolute Gasteiger partial charge is 0.337 e. The molecule has 1 N–H and O–H groups in total. The quantitative estimate of drug-likeness (QED) is 0.851. The van der Waals surface area contributed by atoms with Crippen molar-refractivity contribution >= 4 is 31.7 Å². The summed E-state index contributed by atoms with van der Waals surface area (Å²) in [5.74, 6) is -1.26. The Bertz CT molecular complexity index is 567. The van der Waals surface area contributed by atoms with Crippen LogP contribution in [0.15, 0.2) is 27.6 Å². The number of carboxylic acids is 1. The molecule has 0 saturated carbocycles. The fourth-order valence-corrected chi connectivity index (χ4v) is 3.67. The number of hydrogen-bond donors (Lipinski definition) is 1. The Labute approximate surface area is 120 Å². The van der Waals surface area contributed by atoms with Gasteiger partial charge in [0.1, 0.15) is 0 Å². The van der Waals surface area contributed by atoms with Gasteiger partial charge < -0.3 is 9.84 Å². The minimum absolute atomic E-state index is 0.169. The van der Waals surface area contributed by atoms with Gasteiger partial charge in [-0.15, -0.1) is 0 Å².